The first kappa shape index (κ1) is 25.7. The average molecular weight is 541 g/mol. The van der Waals surface area contributed by atoms with Gasteiger partial charge in [-0.3, -0.25) is 14.4 Å². The van der Waals surface area contributed by atoms with E-state index in [1.54, 1.807) is 42.5 Å². The molecule has 0 saturated heterocycles. The van der Waals surface area contributed by atoms with Gasteiger partial charge in [-0.15, -0.1) is 10.2 Å². The van der Waals surface area contributed by atoms with Crippen molar-refractivity contribution in [2.24, 2.45) is 0 Å². The Morgan fingerprint density at radius 1 is 0.944 bits per heavy atom. The molecule has 0 aliphatic heterocycles. The molecule has 8 nitrogen and oxygen atoms in total. The highest BCUT2D eigenvalue weighted by Gasteiger charge is 2.27. The van der Waals surface area contributed by atoms with E-state index in [0.29, 0.717) is 27.6 Å². The predicted octanol–water partition coefficient (Wildman–Crippen LogP) is 5.66. The van der Waals surface area contributed by atoms with Gasteiger partial charge in [-0.1, -0.05) is 73.3 Å². The Bertz CT molecular complexity index is 1390. The summed E-state index contributed by atoms with van der Waals surface area (Å²) in [6, 6.07) is 23.8. The van der Waals surface area contributed by atoms with E-state index in [1.165, 1.54) is 35.2 Å². The summed E-state index contributed by atoms with van der Waals surface area (Å²) in [6.07, 6.45) is 0. The van der Waals surface area contributed by atoms with Crippen LogP contribution in [-0.4, -0.2) is 36.3 Å². The summed E-state index contributed by atoms with van der Waals surface area (Å²) >= 11 is 2.78. The topological polar surface area (TPSA) is 101 Å². The standard InChI is InChI=1S/C25H24N4O4S3/c1-18(2)34-25-28-27-24(35-25)26-23(30)17-29(36(31,32)22-11-7-4-8-12-22)19-13-15-21(16-14-19)33-20-9-5-3-6-10-20/h3-16,18H,17H2,1-2H3,(H,26,27,30). The molecule has 0 aliphatic carbocycles. The van der Waals surface area contributed by atoms with Crippen LogP contribution in [0.15, 0.2) is 94.2 Å². The van der Waals surface area contributed by atoms with E-state index in [9.17, 15) is 13.2 Å². The number of hydrogen-bond acceptors (Lipinski definition) is 8. The molecule has 0 bridgehead atoms. The van der Waals surface area contributed by atoms with Crippen molar-refractivity contribution in [2.75, 3.05) is 16.2 Å². The molecule has 1 amide bonds. The van der Waals surface area contributed by atoms with Gasteiger partial charge in [-0.2, -0.15) is 0 Å². The van der Waals surface area contributed by atoms with Gasteiger partial charge in [-0.05, 0) is 48.5 Å². The molecule has 0 atom stereocenters. The maximum atomic E-state index is 13.5. The molecule has 0 saturated carbocycles. The Labute approximate surface area is 218 Å². The van der Waals surface area contributed by atoms with Gasteiger partial charge in [0.2, 0.25) is 11.0 Å². The summed E-state index contributed by atoms with van der Waals surface area (Å²) in [4.78, 5) is 13.0. The van der Waals surface area contributed by atoms with Crippen molar-refractivity contribution in [1.29, 1.82) is 0 Å². The minimum absolute atomic E-state index is 0.0777. The largest absolute Gasteiger partial charge is 0.457 e. The Kier molecular flexibility index (Phi) is 8.24. The van der Waals surface area contributed by atoms with Crippen molar-refractivity contribution in [3.8, 4) is 11.5 Å². The number of thioether (sulfide) groups is 1. The van der Waals surface area contributed by atoms with E-state index in [-0.39, 0.29) is 4.90 Å². The van der Waals surface area contributed by atoms with Crippen LogP contribution >= 0.6 is 23.1 Å². The van der Waals surface area contributed by atoms with Gasteiger partial charge < -0.3 is 4.74 Å². The van der Waals surface area contributed by atoms with Crippen LogP contribution in [0.2, 0.25) is 0 Å². The lowest BCUT2D eigenvalue weighted by molar-refractivity contribution is -0.114. The van der Waals surface area contributed by atoms with E-state index in [1.807, 2.05) is 44.2 Å². The molecule has 11 heteroatoms. The second-order valence-corrected chi connectivity index (χ2v) is 12.5. The Morgan fingerprint density at radius 2 is 1.56 bits per heavy atom. The van der Waals surface area contributed by atoms with Crippen molar-refractivity contribution in [2.45, 2.75) is 28.3 Å². The monoisotopic (exact) mass is 540 g/mol. The molecule has 1 heterocycles. The third-order valence-corrected chi connectivity index (χ3v) is 8.43. The summed E-state index contributed by atoms with van der Waals surface area (Å²) < 4.78 is 34.6. The van der Waals surface area contributed by atoms with E-state index >= 15 is 0 Å². The fourth-order valence-electron chi connectivity index (χ4n) is 3.14. The molecular formula is C25H24N4O4S3. The quantitative estimate of drug-likeness (QED) is 0.204. The lowest BCUT2D eigenvalue weighted by Crippen LogP contribution is -2.38. The van der Waals surface area contributed by atoms with Crippen LogP contribution in [-0.2, 0) is 14.8 Å². The van der Waals surface area contributed by atoms with E-state index < -0.39 is 22.5 Å². The number of nitrogens with one attached hydrogen (secondary N) is 1. The molecule has 0 fully saturated rings. The average Bonchev–Trinajstić information content (AvgIpc) is 3.30. The summed E-state index contributed by atoms with van der Waals surface area (Å²) in [7, 11) is -4.03. The number of carbonyl (C=O) groups excluding carboxylic acids is 1. The van der Waals surface area contributed by atoms with Crippen LogP contribution in [0.5, 0.6) is 11.5 Å². The Hall–Kier alpha value is -3.41. The summed E-state index contributed by atoms with van der Waals surface area (Å²) in [5, 5.41) is 11.3. The van der Waals surface area contributed by atoms with Gasteiger partial charge in [0.25, 0.3) is 10.0 Å². The van der Waals surface area contributed by atoms with Gasteiger partial charge >= 0.3 is 0 Å². The molecular weight excluding hydrogens is 517 g/mol. The van der Waals surface area contributed by atoms with Crippen LogP contribution in [0.1, 0.15) is 13.8 Å². The highest BCUT2D eigenvalue weighted by Crippen LogP contribution is 2.30. The van der Waals surface area contributed by atoms with Gasteiger partial charge in [-0.25, -0.2) is 8.42 Å². The fraction of sp³-hybridized carbons (Fsp3) is 0.160. The normalized spacial score (nSPS) is 11.3. The maximum absolute atomic E-state index is 13.5. The minimum Gasteiger partial charge on any atom is -0.457 e. The first-order valence-electron chi connectivity index (χ1n) is 11.0. The molecule has 0 radical (unpaired) electrons. The second kappa shape index (κ2) is 11.5. The van der Waals surface area contributed by atoms with Crippen LogP contribution in [0.3, 0.4) is 0 Å². The van der Waals surface area contributed by atoms with E-state index in [2.05, 4.69) is 15.5 Å². The number of benzene rings is 3. The number of para-hydroxylation sites is 1. The number of carbonyl (C=O) groups is 1. The van der Waals surface area contributed by atoms with Crippen molar-refractivity contribution in [3.63, 3.8) is 0 Å². The Balaban J connectivity index is 1.57. The number of aromatic nitrogens is 2. The highest BCUT2D eigenvalue weighted by atomic mass is 32.2. The van der Waals surface area contributed by atoms with Crippen molar-refractivity contribution < 1.29 is 17.9 Å². The zero-order valence-corrected chi connectivity index (χ0v) is 22.0. The zero-order chi connectivity index (χ0) is 25.5. The van der Waals surface area contributed by atoms with Gasteiger partial charge in [0.15, 0.2) is 4.34 Å². The SMILES string of the molecule is CC(C)Sc1nnc(NC(=O)CN(c2ccc(Oc3ccccc3)cc2)S(=O)(=O)c2ccccc2)s1. The predicted molar refractivity (Wildman–Crippen MR) is 143 cm³/mol. The van der Waals surface area contributed by atoms with E-state index in [4.69, 9.17) is 4.74 Å². The number of anilines is 2. The second-order valence-electron chi connectivity index (χ2n) is 7.82. The van der Waals surface area contributed by atoms with Crippen LogP contribution in [0.25, 0.3) is 0 Å². The minimum atomic E-state index is -4.03. The van der Waals surface area contributed by atoms with E-state index in [0.717, 1.165) is 8.64 Å². The maximum Gasteiger partial charge on any atom is 0.264 e. The van der Waals surface area contributed by atoms with Gasteiger partial charge in [0.05, 0.1) is 10.6 Å². The lowest BCUT2D eigenvalue weighted by atomic mass is 10.3. The highest BCUT2D eigenvalue weighted by molar-refractivity contribution is 8.01. The third-order valence-electron chi connectivity index (χ3n) is 4.71. The first-order valence-corrected chi connectivity index (χ1v) is 14.2. The van der Waals surface area contributed by atoms with Crippen molar-refractivity contribution >= 4 is 49.8 Å². The Morgan fingerprint density at radius 3 is 2.19 bits per heavy atom. The van der Waals surface area contributed by atoms with Crippen molar-refractivity contribution in [3.05, 3.63) is 84.9 Å². The van der Waals surface area contributed by atoms with Crippen LogP contribution in [0, 0.1) is 0 Å². The number of amides is 1. The fourth-order valence-corrected chi connectivity index (χ4v) is 6.57. The molecule has 1 aromatic heterocycles. The van der Waals surface area contributed by atoms with Gasteiger partial charge in [0, 0.05) is 5.25 Å². The summed E-state index contributed by atoms with van der Waals surface area (Å²) in [5.74, 6) is 0.664. The van der Waals surface area contributed by atoms with Crippen LogP contribution < -0.4 is 14.4 Å². The van der Waals surface area contributed by atoms with Crippen LogP contribution in [0.4, 0.5) is 10.8 Å². The molecule has 4 aromatic rings. The molecule has 36 heavy (non-hydrogen) atoms. The number of ether oxygens (including phenoxy) is 1. The van der Waals surface area contributed by atoms with Crippen molar-refractivity contribution in [1.82, 2.24) is 10.2 Å². The van der Waals surface area contributed by atoms with Gasteiger partial charge in [0.1, 0.15) is 18.0 Å². The molecule has 0 spiro atoms. The first-order chi connectivity index (χ1) is 17.3. The number of sulfonamides is 1. The molecule has 4 rings (SSSR count). The number of hydrogen-bond donors (Lipinski definition) is 1. The smallest absolute Gasteiger partial charge is 0.264 e. The molecule has 3 aromatic carbocycles. The molecule has 1 N–H and O–H groups in total. The third kappa shape index (κ3) is 6.62. The zero-order valence-electron chi connectivity index (χ0n) is 19.6. The molecule has 0 unspecified atom stereocenters. The summed E-state index contributed by atoms with van der Waals surface area (Å²) in [5.41, 5.74) is 0.322. The lowest BCUT2D eigenvalue weighted by Gasteiger charge is -2.24. The number of rotatable bonds is 10. The number of nitrogens with zero attached hydrogens (tertiary/aromatic N) is 3. The molecule has 186 valence electrons. The summed E-state index contributed by atoms with van der Waals surface area (Å²) in [6.45, 7) is 3.63. The molecule has 0 aliphatic rings.